The Kier molecular flexibility index (Phi) is 3.75. The molecule has 0 unspecified atom stereocenters. The summed E-state index contributed by atoms with van der Waals surface area (Å²) in [4.78, 5) is 0. The summed E-state index contributed by atoms with van der Waals surface area (Å²) in [6.07, 6.45) is 0. The van der Waals surface area contributed by atoms with Gasteiger partial charge in [-0.1, -0.05) is 27.5 Å². The maximum absolute atomic E-state index is 9.04. The second-order valence-corrected chi connectivity index (χ2v) is 4.87. The Hall–Kier alpha value is -1.70. The van der Waals surface area contributed by atoms with Crippen molar-refractivity contribution < 1.29 is 4.74 Å². The summed E-state index contributed by atoms with van der Waals surface area (Å²) in [6.45, 7) is 0. The average Bonchev–Trinajstić information content (AvgIpc) is 2.36. The lowest BCUT2D eigenvalue weighted by Gasteiger charge is -2.09. The van der Waals surface area contributed by atoms with Crippen molar-refractivity contribution in [2.24, 2.45) is 0 Å². The van der Waals surface area contributed by atoms with Gasteiger partial charge in [-0.05, 0) is 30.3 Å². The Morgan fingerprint density at radius 2 is 1.94 bits per heavy atom. The summed E-state index contributed by atoms with van der Waals surface area (Å²) in [7, 11) is 0. The first kappa shape index (κ1) is 12.7. The standard InChI is InChI=1S/C13H8BrClN2O/c14-9-1-4-12(8(5-9)7-16)18-13-6-10(17)2-3-11(13)15/h1-6H,17H2. The zero-order valence-corrected chi connectivity index (χ0v) is 11.5. The first-order valence-corrected chi connectivity index (χ1v) is 6.20. The normalized spacial score (nSPS) is 9.83. The molecule has 90 valence electrons. The second-order valence-electron chi connectivity index (χ2n) is 3.54. The van der Waals surface area contributed by atoms with Crippen molar-refractivity contribution in [2.45, 2.75) is 0 Å². The number of rotatable bonds is 2. The van der Waals surface area contributed by atoms with E-state index in [1.807, 2.05) is 0 Å². The lowest BCUT2D eigenvalue weighted by Crippen LogP contribution is -1.91. The smallest absolute Gasteiger partial charge is 0.148 e. The van der Waals surface area contributed by atoms with E-state index in [9.17, 15) is 0 Å². The summed E-state index contributed by atoms with van der Waals surface area (Å²) in [5.74, 6) is 0.865. The zero-order chi connectivity index (χ0) is 13.1. The molecule has 2 aromatic rings. The van der Waals surface area contributed by atoms with Gasteiger partial charge in [0.05, 0.1) is 10.6 Å². The minimum Gasteiger partial charge on any atom is -0.454 e. The zero-order valence-electron chi connectivity index (χ0n) is 9.15. The van der Waals surface area contributed by atoms with Gasteiger partial charge in [0.15, 0.2) is 0 Å². The van der Waals surface area contributed by atoms with Crippen molar-refractivity contribution in [3.8, 4) is 17.6 Å². The lowest BCUT2D eigenvalue weighted by molar-refractivity contribution is 0.481. The van der Waals surface area contributed by atoms with Crippen LogP contribution in [0.3, 0.4) is 0 Å². The van der Waals surface area contributed by atoms with Crippen LogP contribution in [-0.4, -0.2) is 0 Å². The van der Waals surface area contributed by atoms with E-state index in [-0.39, 0.29) is 0 Å². The summed E-state index contributed by atoms with van der Waals surface area (Å²) in [6, 6.07) is 12.2. The fourth-order valence-corrected chi connectivity index (χ4v) is 1.91. The van der Waals surface area contributed by atoms with E-state index < -0.39 is 0 Å². The van der Waals surface area contributed by atoms with E-state index in [4.69, 9.17) is 27.3 Å². The number of nitrogens with two attached hydrogens (primary N) is 1. The van der Waals surface area contributed by atoms with Crippen LogP contribution in [0, 0.1) is 11.3 Å². The fourth-order valence-electron chi connectivity index (χ4n) is 1.40. The molecule has 5 heteroatoms. The van der Waals surface area contributed by atoms with Gasteiger partial charge in [0, 0.05) is 16.2 Å². The van der Waals surface area contributed by atoms with E-state index in [1.54, 1.807) is 36.4 Å². The molecule has 0 bridgehead atoms. The van der Waals surface area contributed by atoms with Crippen molar-refractivity contribution >= 4 is 33.2 Å². The molecule has 0 aliphatic rings. The highest BCUT2D eigenvalue weighted by Gasteiger charge is 2.08. The molecule has 3 nitrogen and oxygen atoms in total. The number of benzene rings is 2. The van der Waals surface area contributed by atoms with Crippen molar-refractivity contribution in [1.29, 1.82) is 5.26 Å². The first-order chi connectivity index (χ1) is 8.60. The highest BCUT2D eigenvalue weighted by atomic mass is 79.9. The van der Waals surface area contributed by atoms with Gasteiger partial charge in [-0.15, -0.1) is 0 Å². The molecule has 0 aromatic heterocycles. The molecular formula is C13H8BrClN2O. The predicted molar refractivity (Wildman–Crippen MR) is 74.8 cm³/mol. The third-order valence-electron chi connectivity index (χ3n) is 2.24. The van der Waals surface area contributed by atoms with Gasteiger partial charge in [0.2, 0.25) is 0 Å². The van der Waals surface area contributed by atoms with Crippen LogP contribution in [0.1, 0.15) is 5.56 Å². The monoisotopic (exact) mass is 322 g/mol. The van der Waals surface area contributed by atoms with Gasteiger partial charge in [0.25, 0.3) is 0 Å². The SMILES string of the molecule is N#Cc1cc(Br)ccc1Oc1cc(N)ccc1Cl. The Balaban J connectivity index is 2.40. The maximum atomic E-state index is 9.04. The van der Waals surface area contributed by atoms with Crippen LogP contribution >= 0.6 is 27.5 Å². The van der Waals surface area contributed by atoms with E-state index in [0.29, 0.717) is 27.8 Å². The van der Waals surface area contributed by atoms with Crippen LogP contribution in [-0.2, 0) is 0 Å². The van der Waals surface area contributed by atoms with Crippen molar-refractivity contribution in [3.05, 3.63) is 51.5 Å². The average molecular weight is 324 g/mol. The number of nitrogen functional groups attached to an aromatic ring is 1. The second kappa shape index (κ2) is 5.30. The molecule has 0 aliphatic heterocycles. The van der Waals surface area contributed by atoms with Gasteiger partial charge >= 0.3 is 0 Å². The molecule has 0 amide bonds. The number of halogens is 2. The number of anilines is 1. The number of ether oxygens (including phenoxy) is 1. The Labute approximate surface area is 118 Å². The van der Waals surface area contributed by atoms with Gasteiger partial charge in [0.1, 0.15) is 17.6 Å². The topological polar surface area (TPSA) is 59.0 Å². The van der Waals surface area contributed by atoms with E-state index >= 15 is 0 Å². The number of nitriles is 1. The third-order valence-corrected chi connectivity index (χ3v) is 3.04. The van der Waals surface area contributed by atoms with Gasteiger partial charge < -0.3 is 10.5 Å². The molecule has 0 spiro atoms. The fraction of sp³-hybridized carbons (Fsp3) is 0. The summed E-state index contributed by atoms with van der Waals surface area (Å²) in [5, 5.41) is 9.48. The molecule has 18 heavy (non-hydrogen) atoms. The van der Waals surface area contributed by atoms with Crippen LogP contribution < -0.4 is 10.5 Å². The number of hydrogen-bond acceptors (Lipinski definition) is 3. The largest absolute Gasteiger partial charge is 0.454 e. The minimum absolute atomic E-state index is 0.419. The highest BCUT2D eigenvalue weighted by molar-refractivity contribution is 9.10. The number of hydrogen-bond donors (Lipinski definition) is 1. The summed E-state index contributed by atoms with van der Waals surface area (Å²) in [5.41, 5.74) is 6.63. The van der Waals surface area contributed by atoms with Gasteiger partial charge in [-0.25, -0.2) is 0 Å². The molecule has 0 aliphatic carbocycles. The highest BCUT2D eigenvalue weighted by Crippen LogP contribution is 2.33. The van der Waals surface area contributed by atoms with Gasteiger partial charge in [-0.3, -0.25) is 0 Å². The quantitative estimate of drug-likeness (QED) is 0.836. The van der Waals surface area contributed by atoms with Crippen LogP contribution in [0.4, 0.5) is 5.69 Å². The molecule has 0 saturated heterocycles. The Bertz CT molecular complexity index is 637. The minimum atomic E-state index is 0.419. The summed E-state index contributed by atoms with van der Waals surface area (Å²) < 4.78 is 6.42. The van der Waals surface area contributed by atoms with Crippen LogP contribution in [0.15, 0.2) is 40.9 Å². The molecule has 0 fully saturated rings. The first-order valence-electron chi connectivity index (χ1n) is 5.02. The van der Waals surface area contributed by atoms with Crippen LogP contribution in [0.25, 0.3) is 0 Å². The van der Waals surface area contributed by atoms with Crippen molar-refractivity contribution in [2.75, 3.05) is 5.73 Å². The van der Waals surface area contributed by atoms with Crippen LogP contribution in [0.5, 0.6) is 11.5 Å². The molecule has 2 N–H and O–H groups in total. The Morgan fingerprint density at radius 1 is 1.17 bits per heavy atom. The third kappa shape index (κ3) is 2.76. The maximum Gasteiger partial charge on any atom is 0.148 e. The van der Waals surface area contributed by atoms with Gasteiger partial charge in [-0.2, -0.15) is 5.26 Å². The molecule has 2 aromatic carbocycles. The van der Waals surface area contributed by atoms with E-state index in [1.165, 1.54) is 0 Å². The molecule has 0 atom stereocenters. The van der Waals surface area contributed by atoms with E-state index in [2.05, 4.69) is 22.0 Å². The van der Waals surface area contributed by atoms with E-state index in [0.717, 1.165) is 4.47 Å². The molecule has 0 saturated carbocycles. The number of nitrogens with zero attached hydrogens (tertiary/aromatic N) is 1. The molecular weight excluding hydrogens is 316 g/mol. The predicted octanol–water partition coefficient (Wildman–Crippen LogP) is 4.35. The summed E-state index contributed by atoms with van der Waals surface area (Å²) >= 11 is 9.30. The van der Waals surface area contributed by atoms with Crippen molar-refractivity contribution in [3.63, 3.8) is 0 Å². The molecule has 0 radical (unpaired) electrons. The Morgan fingerprint density at radius 3 is 2.67 bits per heavy atom. The molecule has 2 rings (SSSR count). The lowest BCUT2D eigenvalue weighted by atomic mass is 10.2. The molecule has 0 heterocycles. The van der Waals surface area contributed by atoms with Crippen LogP contribution in [0.2, 0.25) is 5.02 Å². The van der Waals surface area contributed by atoms with Crippen molar-refractivity contribution in [1.82, 2.24) is 0 Å².